The van der Waals surface area contributed by atoms with Crippen LogP contribution in [-0.2, 0) is 41.4 Å². The van der Waals surface area contributed by atoms with Crippen LogP contribution in [0.15, 0.2) is 352 Å². The second kappa shape index (κ2) is 35.7. The maximum atomic E-state index is 6.46. The zero-order chi connectivity index (χ0) is 83.0. The predicted octanol–water partition coefficient (Wildman–Crippen LogP) is 22.4. The first-order valence-corrected chi connectivity index (χ1v) is 47.0. The van der Waals surface area contributed by atoms with Gasteiger partial charge in [0.15, 0.2) is 34.9 Å². The summed E-state index contributed by atoms with van der Waals surface area (Å²) < 4.78 is 39.6. The third-order valence-corrected chi connectivity index (χ3v) is 30.8. The molecule has 19 rings (SSSR count). The number of pyridine rings is 2. The van der Waals surface area contributed by atoms with Gasteiger partial charge in [0.2, 0.25) is 0 Å². The number of imidazole rings is 2. The van der Waals surface area contributed by atoms with Gasteiger partial charge in [-0.15, -0.1) is 0 Å². The molecule has 19 aromatic rings. The van der Waals surface area contributed by atoms with Crippen LogP contribution in [0, 0.1) is 13.8 Å². The number of hydrogen-bond acceptors (Lipinski definition) is 7. The molecule has 0 aliphatic carbocycles. The SMILES string of the molecule is Cc1cccc2c3ccccc3n3c(-c4c(C(C)C)cccc4C(C)C)c[n+](C)c3c12.Cc1cccc2c3ccccc3n3c4ccccc4[n+](C)c3c12.Cn1nccc1C[P+](C)(c1ccccc1)c1ccccc1.Cn1nccc1O[P+](C)(Oc1ccccc1)Oc1ccccc1.Cn1nccc1O[P+](C)(c1ccccc1)c1ccccc1. The van der Waals surface area contributed by atoms with Crippen molar-refractivity contribution >= 4 is 110 Å². The van der Waals surface area contributed by atoms with Gasteiger partial charge < -0.3 is 4.52 Å². The molecule has 0 amide bonds. The van der Waals surface area contributed by atoms with Crippen molar-refractivity contribution in [3.8, 4) is 34.5 Å². The topological polar surface area (TPSA) is 107 Å². The number of benzene rings is 12. The van der Waals surface area contributed by atoms with Gasteiger partial charge in [-0.25, -0.2) is 18.5 Å². The molecule has 0 N–H and O–H groups in total. The third kappa shape index (κ3) is 17.0. The highest BCUT2D eigenvalue weighted by atomic mass is 31.2. The van der Waals surface area contributed by atoms with E-state index in [2.05, 4.69) is 351 Å². The monoisotopic (exact) mass is 1630 g/mol. The molecular formula is C102H104N10O4P3+5. The Balaban J connectivity index is 0.000000117. The molecule has 0 fully saturated rings. The van der Waals surface area contributed by atoms with Gasteiger partial charge in [-0.05, 0) is 151 Å². The second-order valence-electron chi connectivity index (χ2n) is 31.1. The Labute approximate surface area is 700 Å². The molecule has 7 aromatic heterocycles. The molecule has 0 saturated heterocycles. The Morgan fingerprint density at radius 3 is 1.20 bits per heavy atom. The van der Waals surface area contributed by atoms with E-state index in [0.29, 0.717) is 29.2 Å². The van der Waals surface area contributed by atoms with Crippen LogP contribution in [0.25, 0.3) is 76.9 Å². The quantitative estimate of drug-likeness (QED) is 0.0508. The lowest BCUT2D eigenvalue weighted by molar-refractivity contribution is -0.643. The fraction of sp³-hybridized carbons (Fsp3) is 0.167. The van der Waals surface area contributed by atoms with Crippen molar-refractivity contribution in [3.05, 3.63) is 380 Å². The van der Waals surface area contributed by atoms with Gasteiger partial charge in [0, 0.05) is 66.6 Å². The number of hydrogen-bond donors (Lipinski definition) is 0. The smallest absolute Gasteiger partial charge is 0.321 e. The molecular weight excluding hydrogens is 1520 g/mol. The average molecular weight is 1630 g/mol. The lowest BCUT2D eigenvalue weighted by Crippen LogP contribution is -2.27. The minimum absolute atomic E-state index is 0.456. The number of fused-ring (bicyclic) bond motifs is 14. The van der Waals surface area contributed by atoms with E-state index in [-0.39, 0.29) is 0 Å². The van der Waals surface area contributed by atoms with Crippen LogP contribution in [0.5, 0.6) is 23.3 Å². The van der Waals surface area contributed by atoms with Gasteiger partial charge in [0.25, 0.3) is 30.5 Å². The minimum atomic E-state index is -2.69. The van der Waals surface area contributed by atoms with Crippen molar-refractivity contribution in [2.45, 2.75) is 59.5 Å². The summed E-state index contributed by atoms with van der Waals surface area (Å²) in [6, 6.07) is 114. The van der Waals surface area contributed by atoms with E-state index in [0.717, 1.165) is 12.0 Å². The Bertz CT molecular complexity index is 6420. The number of nitrogens with zero attached hydrogens (tertiary/aromatic N) is 10. The van der Waals surface area contributed by atoms with Gasteiger partial charge in [0.1, 0.15) is 34.0 Å². The standard InChI is InChI=1S/C29H31N2.C21H17N2.C18H20N2P.C17H18N2O3P.C17H18N2OP/c1-18(2)21-13-10-14-22(19(3)4)28(21)26-17-30(6)29-27-20(5)11-9-15-24(27)23-12-7-8-16-25(23)31(26)29;1-14-8-7-10-16-15-9-3-4-11-17(15)23-19-13-6-5-12-18(19)22(2)21(23)20(14)16;1-20-16(13-14-19-20)15-21(2,17-9-5-3-6-10-17)18-11-7-4-8-12-18;1-19-17(13-14-18-19)22-23(2,20-15-9-5-3-6-10-15)21-16-11-7-4-8-12-16;1-19-17(13-14-18-19)20-21(2,15-9-5-3-6-10-15)16-11-7-4-8-12-16/h7-19H,1-6H3;3-13H,1-2H3;3-14H,15H2,1-2H3;3-14H,1-2H3;3-14H,1-2H3/q5*+1. The molecule has 0 unspecified atom stereocenters. The van der Waals surface area contributed by atoms with E-state index in [9.17, 15) is 0 Å². The van der Waals surface area contributed by atoms with E-state index in [1.165, 1.54) is 126 Å². The Hall–Kier alpha value is -12.6. The lowest BCUT2D eigenvalue weighted by atomic mass is 9.87. The molecule has 0 spiro atoms. The molecule has 596 valence electrons. The highest BCUT2D eigenvalue weighted by Gasteiger charge is 2.46. The maximum Gasteiger partial charge on any atom is 0.539 e. The zero-order valence-corrected chi connectivity index (χ0v) is 73.0. The van der Waals surface area contributed by atoms with Crippen LogP contribution in [0.2, 0.25) is 0 Å². The summed E-state index contributed by atoms with van der Waals surface area (Å²) in [6.07, 6.45) is 8.69. The molecule has 17 heteroatoms. The zero-order valence-electron chi connectivity index (χ0n) is 70.3. The van der Waals surface area contributed by atoms with E-state index in [1.54, 1.807) is 27.8 Å². The Morgan fingerprint density at radius 1 is 0.361 bits per heavy atom. The van der Waals surface area contributed by atoms with Gasteiger partial charge in [0.05, 0.1) is 74.2 Å². The first-order valence-electron chi connectivity index (χ1n) is 40.5. The molecule has 12 aromatic carbocycles. The first kappa shape index (κ1) is 81.6. The second-order valence-corrected chi connectivity index (χ2v) is 39.9. The van der Waals surface area contributed by atoms with Crippen LogP contribution in [-0.4, -0.2) is 58.1 Å². The third-order valence-electron chi connectivity index (χ3n) is 22.3. The van der Waals surface area contributed by atoms with Crippen molar-refractivity contribution in [2.75, 3.05) is 20.0 Å². The minimum Gasteiger partial charge on any atom is -0.321 e. The maximum absolute atomic E-state index is 6.46. The number of rotatable bonds is 17. The highest BCUT2D eigenvalue weighted by molar-refractivity contribution is 7.88. The van der Waals surface area contributed by atoms with Gasteiger partial charge in [-0.2, -0.15) is 24.1 Å². The molecule has 7 heterocycles. The van der Waals surface area contributed by atoms with Gasteiger partial charge in [-0.1, -0.05) is 240 Å². The molecule has 0 atom stereocenters. The normalized spacial score (nSPS) is 11.6. The van der Waals surface area contributed by atoms with Crippen molar-refractivity contribution < 1.29 is 27.2 Å². The summed E-state index contributed by atoms with van der Waals surface area (Å²) in [6.45, 7) is 20.1. The van der Waals surface area contributed by atoms with Crippen molar-refractivity contribution in [1.29, 1.82) is 0 Å². The molecule has 0 saturated carbocycles. The van der Waals surface area contributed by atoms with E-state index >= 15 is 0 Å². The van der Waals surface area contributed by atoms with Crippen molar-refractivity contribution in [3.63, 3.8) is 0 Å². The number of para-hydroxylation sites is 6. The summed E-state index contributed by atoms with van der Waals surface area (Å²) in [5, 5.41) is 25.9. The summed E-state index contributed by atoms with van der Waals surface area (Å²) in [4.78, 5) is 0. The van der Waals surface area contributed by atoms with Crippen molar-refractivity contribution in [1.82, 2.24) is 38.1 Å². The average Bonchev–Trinajstić information content (AvgIpc) is 1.58. The molecule has 0 radical (unpaired) electrons. The fourth-order valence-corrected chi connectivity index (χ4v) is 23.7. The van der Waals surface area contributed by atoms with Crippen LogP contribution in [0.4, 0.5) is 0 Å². The molecule has 119 heavy (non-hydrogen) atoms. The van der Waals surface area contributed by atoms with Gasteiger partial charge in [-0.3, -0.25) is 18.3 Å². The highest BCUT2D eigenvalue weighted by Crippen LogP contribution is 2.58. The Morgan fingerprint density at radius 2 is 0.748 bits per heavy atom. The summed E-state index contributed by atoms with van der Waals surface area (Å²) >= 11 is 0. The summed E-state index contributed by atoms with van der Waals surface area (Å²) in [7, 11) is 3.99. The Kier molecular flexibility index (Phi) is 24.5. The summed E-state index contributed by atoms with van der Waals surface area (Å²) in [5.41, 5.74) is 17.0. The van der Waals surface area contributed by atoms with Crippen LogP contribution >= 0.6 is 22.7 Å². The predicted molar refractivity (Wildman–Crippen MR) is 499 cm³/mol. The van der Waals surface area contributed by atoms with Gasteiger partial charge >= 0.3 is 7.94 Å². The van der Waals surface area contributed by atoms with Crippen LogP contribution in [0.1, 0.15) is 67.5 Å². The summed E-state index contributed by atoms with van der Waals surface area (Å²) in [5.74, 6) is 3.69. The molecule has 14 nitrogen and oxygen atoms in total. The van der Waals surface area contributed by atoms with E-state index < -0.39 is 22.7 Å². The molecule has 0 aliphatic heterocycles. The first-order chi connectivity index (χ1) is 57.7. The van der Waals surface area contributed by atoms with E-state index in [4.69, 9.17) is 18.1 Å². The van der Waals surface area contributed by atoms with Crippen LogP contribution in [0.3, 0.4) is 0 Å². The van der Waals surface area contributed by atoms with Crippen molar-refractivity contribution in [2.24, 2.45) is 35.2 Å². The fourth-order valence-electron chi connectivity index (χ4n) is 16.2. The number of aromatic nitrogens is 10. The lowest BCUT2D eigenvalue weighted by Gasteiger charge is -2.23. The van der Waals surface area contributed by atoms with E-state index in [1.807, 2.05) is 118 Å². The molecule has 0 aliphatic rings. The largest absolute Gasteiger partial charge is 0.539 e. The number of aryl methyl sites for hydroxylation is 7. The van der Waals surface area contributed by atoms with Crippen LogP contribution < -0.4 is 48.4 Å². The molecule has 0 bridgehead atoms.